The van der Waals surface area contributed by atoms with E-state index in [4.69, 9.17) is 8.53 Å². The molecule has 0 atom stereocenters. The van der Waals surface area contributed by atoms with E-state index in [1.165, 1.54) is 11.8 Å². The Morgan fingerprint density at radius 3 is 2.47 bits per heavy atom. The smallest absolute Gasteiger partial charge is 0.124 e. The second-order valence-corrected chi connectivity index (χ2v) is 9.25. The van der Waals surface area contributed by atoms with Gasteiger partial charge in [0.2, 0.25) is 0 Å². The van der Waals surface area contributed by atoms with Gasteiger partial charge in [-0.05, 0) is 40.9 Å². The van der Waals surface area contributed by atoms with Gasteiger partial charge in [0.05, 0.1) is 8.32 Å². The molecule has 0 saturated heterocycles. The second kappa shape index (κ2) is 12.3. The van der Waals surface area contributed by atoms with Crippen molar-refractivity contribution in [2.75, 3.05) is 0 Å². The van der Waals surface area contributed by atoms with Gasteiger partial charge in [-0.1, -0.05) is 62.4 Å². The van der Waals surface area contributed by atoms with Crippen LogP contribution in [0, 0.1) is 12.1 Å². The summed E-state index contributed by atoms with van der Waals surface area (Å²) >= 11 is 0. The third kappa shape index (κ3) is 5.91. The van der Waals surface area contributed by atoms with E-state index in [2.05, 4.69) is 53.1 Å². The molecule has 0 amide bonds. The van der Waals surface area contributed by atoms with Crippen molar-refractivity contribution in [3.8, 4) is 22.5 Å². The Kier molecular flexibility index (Phi) is 7.56. The molecule has 0 spiro atoms. The van der Waals surface area contributed by atoms with E-state index in [0.29, 0.717) is 33.9 Å². The van der Waals surface area contributed by atoms with Crippen molar-refractivity contribution in [3.05, 3.63) is 115 Å². The molecule has 4 heterocycles. The van der Waals surface area contributed by atoms with Gasteiger partial charge in [-0.3, -0.25) is 4.98 Å². The number of hydrogen-bond acceptors (Lipinski definition) is 4. The quantitative estimate of drug-likeness (QED) is 0.175. The number of aromatic nitrogens is 3. The summed E-state index contributed by atoms with van der Waals surface area (Å²) in [5.74, 6) is -0.449. The van der Waals surface area contributed by atoms with Crippen LogP contribution >= 0.6 is 0 Å². The van der Waals surface area contributed by atoms with Gasteiger partial charge < -0.3 is 14.4 Å². The SMILES string of the molecule is CC(C)c1ccnc(-c2[c-]cccc2)c1.[2H]c1c(C([2H])(C)C)cnc(-c2[c-]ccc3c2oc2ccncc23)c1[2H].[Ir]. The second-order valence-electron chi connectivity index (χ2n) is 9.25. The number of furan rings is 1. The van der Waals surface area contributed by atoms with E-state index in [0.717, 1.165) is 22.0 Å². The zero-order chi connectivity index (χ0) is 28.4. The molecule has 38 heavy (non-hydrogen) atoms. The Labute approximate surface area is 241 Å². The zero-order valence-corrected chi connectivity index (χ0v) is 24.1. The maximum atomic E-state index is 8.36. The predicted octanol–water partition coefficient (Wildman–Crippen LogP) is 8.64. The number of fused-ring (bicyclic) bond motifs is 3. The predicted molar refractivity (Wildman–Crippen MR) is 150 cm³/mol. The van der Waals surface area contributed by atoms with Crippen LogP contribution in [0.3, 0.4) is 0 Å². The summed E-state index contributed by atoms with van der Waals surface area (Å²) < 4.78 is 30.7. The number of rotatable bonds is 4. The van der Waals surface area contributed by atoms with Crippen molar-refractivity contribution >= 4 is 21.9 Å². The van der Waals surface area contributed by atoms with Crippen LogP contribution in [0.5, 0.6) is 0 Å². The van der Waals surface area contributed by atoms with Gasteiger partial charge in [0, 0.05) is 51.6 Å². The maximum Gasteiger partial charge on any atom is 0.124 e. The Balaban J connectivity index is 0.000000208. The Hall–Kier alpha value is -3.66. The van der Waals surface area contributed by atoms with Gasteiger partial charge >= 0.3 is 0 Å². The number of hydrogen-bond donors (Lipinski definition) is 0. The molecular formula is C33H29IrN3O-2. The Morgan fingerprint density at radius 2 is 1.71 bits per heavy atom. The summed E-state index contributed by atoms with van der Waals surface area (Å²) in [6.07, 6.45) is 6.77. The van der Waals surface area contributed by atoms with Gasteiger partial charge in [-0.15, -0.1) is 54.1 Å². The molecule has 0 aliphatic rings. The largest absolute Gasteiger partial charge is 0.500 e. The normalized spacial score (nSPS) is 12.3. The van der Waals surface area contributed by atoms with Crippen molar-refractivity contribution in [1.82, 2.24) is 15.0 Å². The van der Waals surface area contributed by atoms with Crippen molar-refractivity contribution in [1.29, 1.82) is 0 Å². The summed E-state index contributed by atoms with van der Waals surface area (Å²) in [7, 11) is 0. The van der Waals surface area contributed by atoms with Crippen LogP contribution in [0.25, 0.3) is 44.5 Å². The molecule has 4 nitrogen and oxygen atoms in total. The van der Waals surface area contributed by atoms with E-state index in [1.54, 1.807) is 38.4 Å². The van der Waals surface area contributed by atoms with E-state index in [1.807, 2.05) is 36.5 Å². The van der Waals surface area contributed by atoms with Crippen LogP contribution in [0.1, 0.15) is 54.7 Å². The van der Waals surface area contributed by atoms with E-state index < -0.39 is 5.89 Å². The molecule has 193 valence electrons. The first-order chi connectivity index (χ1) is 19.1. The topological polar surface area (TPSA) is 51.8 Å². The van der Waals surface area contributed by atoms with Crippen molar-refractivity contribution in [2.24, 2.45) is 0 Å². The molecular weight excluding hydrogens is 647 g/mol. The molecule has 0 aliphatic carbocycles. The number of benzene rings is 2. The standard InChI is InChI=1S/C19H15N2O.C14H14N.Ir/c1-12(2)13-6-7-17(21-10-13)15-5-3-4-14-16-11-20-9-8-18(16)22-19(14)15;1-11(2)13-8-9-15-14(10-13)12-6-4-3-5-7-12;/h3-4,6-12H,1-2H3;3-6,8-11H,1-2H3;/q2*-1;/i6D,7D,12D;;. The summed E-state index contributed by atoms with van der Waals surface area (Å²) in [6, 6.07) is 23.8. The van der Waals surface area contributed by atoms with Gasteiger partial charge in [0.25, 0.3) is 0 Å². The monoisotopic (exact) mass is 679 g/mol. The first-order valence-corrected chi connectivity index (χ1v) is 12.2. The molecule has 0 saturated carbocycles. The summed E-state index contributed by atoms with van der Waals surface area (Å²) in [6.45, 7) is 7.74. The van der Waals surface area contributed by atoms with Crippen molar-refractivity contribution < 1.29 is 28.6 Å². The number of pyridine rings is 3. The molecule has 4 aromatic heterocycles. The third-order valence-electron chi connectivity index (χ3n) is 6.08. The molecule has 0 aliphatic heterocycles. The average molecular weight is 679 g/mol. The van der Waals surface area contributed by atoms with Gasteiger partial charge in [0.15, 0.2) is 0 Å². The Bertz CT molecular complexity index is 1800. The fourth-order valence-corrected chi connectivity index (χ4v) is 3.97. The first kappa shape index (κ1) is 23.5. The molecule has 0 unspecified atom stereocenters. The minimum absolute atomic E-state index is 0. The molecule has 5 heteroatoms. The van der Waals surface area contributed by atoms with E-state index in [-0.39, 0.29) is 32.2 Å². The zero-order valence-electron chi connectivity index (χ0n) is 24.7. The van der Waals surface area contributed by atoms with Crippen molar-refractivity contribution in [3.63, 3.8) is 0 Å². The third-order valence-corrected chi connectivity index (χ3v) is 6.08. The molecule has 6 rings (SSSR count). The molecule has 0 fully saturated rings. The average Bonchev–Trinajstić information content (AvgIpc) is 3.34. The Morgan fingerprint density at radius 1 is 0.842 bits per heavy atom. The van der Waals surface area contributed by atoms with Crippen LogP contribution < -0.4 is 0 Å². The van der Waals surface area contributed by atoms with Gasteiger partial charge in [-0.2, -0.15) is 0 Å². The fraction of sp³-hybridized carbons (Fsp3) is 0.182. The van der Waals surface area contributed by atoms with Crippen LogP contribution in [0.4, 0.5) is 0 Å². The first-order valence-electron chi connectivity index (χ1n) is 13.7. The van der Waals surface area contributed by atoms with Crippen molar-refractivity contribution in [2.45, 2.75) is 39.5 Å². The van der Waals surface area contributed by atoms with Crippen LogP contribution in [-0.4, -0.2) is 15.0 Å². The summed E-state index contributed by atoms with van der Waals surface area (Å²) in [5, 5.41) is 1.75. The summed E-state index contributed by atoms with van der Waals surface area (Å²) in [5.41, 5.74) is 5.94. The van der Waals surface area contributed by atoms with Gasteiger partial charge in [0.1, 0.15) is 5.58 Å². The molecule has 1 radical (unpaired) electrons. The molecule has 0 N–H and O–H groups in total. The van der Waals surface area contributed by atoms with Gasteiger partial charge in [-0.25, -0.2) is 0 Å². The van der Waals surface area contributed by atoms with Crippen LogP contribution in [-0.2, 0) is 20.1 Å². The summed E-state index contributed by atoms with van der Waals surface area (Å²) in [4.78, 5) is 12.9. The number of nitrogens with zero attached hydrogens (tertiary/aromatic N) is 3. The minimum Gasteiger partial charge on any atom is -0.500 e. The van der Waals surface area contributed by atoms with Crippen LogP contribution in [0.2, 0.25) is 0 Å². The van der Waals surface area contributed by atoms with E-state index in [9.17, 15) is 0 Å². The molecule has 2 aromatic carbocycles. The van der Waals surface area contributed by atoms with E-state index >= 15 is 0 Å². The molecule has 0 bridgehead atoms. The van der Waals surface area contributed by atoms with Crippen LogP contribution in [0.15, 0.2) is 95.9 Å². The minimum atomic E-state index is -0.987. The fourth-order valence-electron chi connectivity index (χ4n) is 3.97. The maximum absolute atomic E-state index is 8.36. The molecule has 6 aromatic rings.